The van der Waals surface area contributed by atoms with Gasteiger partial charge in [0.1, 0.15) is 0 Å². The number of nitrogens with zero attached hydrogens (tertiary/aromatic N) is 3. The van der Waals surface area contributed by atoms with Crippen molar-refractivity contribution in [1.82, 2.24) is 15.0 Å². The number of hydrogen-bond acceptors (Lipinski definition) is 6. The van der Waals surface area contributed by atoms with E-state index in [1.807, 2.05) is 0 Å². The zero-order valence-electron chi connectivity index (χ0n) is 14.9. The maximum atomic E-state index is 12.3. The van der Waals surface area contributed by atoms with E-state index in [1.165, 1.54) is 6.42 Å². The van der Waals surface area contributed by atoms with Crippen LogP contribution in [-0.4, -0.2) is 46.6 Å². The Kier molecular flexibility index (Phi) is 5.99. The Balaban J connectivity index is 1.53. The van der Waals surface area contributed by atoms with E-state index >= 15 is 0 Å². The number of benzene rings is 1. The molecule has 7 nitrogen and oxygen atoms in total. The topological polar surface area (TPSA) is 85.5 Å². The van der Waals surface area contributed by atoms with Gasteiger partial charge in [0.05, 0.1) is 5.56 Å². The summed E-state index contributed by atoms with van der Waals surface area (Å²) < 4.78 is 10.3. The van der Waals surface area contributed by atoms with Gasteiger partial charge in [-0.3, -0.25) is 4.79 Å². The number of aromatic nitrogens is 2. The molecule has 7 heteroatoms. The number of amides is 1. The molecule has 26 heavy (non-hydrogen) atoms. The van der Waals surface area contributed by atoms with Crippen LogP contribution >= 0.6 is 0 Å². The van der Waals surface area contributed by atoms with Crippen molar-refractivity contribution < 1.29 is 18.8 Å². The SMILES string of the molecule is Cc1noc(-c2ccc(C(=O)OCC(=O)N3CCCCCCC3)cc2)n1. The predicted molar refractivity (Wildman–Crippen MR) is 94.4 cm³/mol. The van der Waals surface area contributed by atoms with E-state index in [1.54, 1.807) is 36.1 Å². The first-order chi connectivity index (χ1) is 12.6. The molecule has 1 aliphatic heterocycles. The predicted octanol–water partition coefficient (Wildman–Crippen LogP) is 2.99. The van der Waals surface area contributed by atoms with Crippen LogP contribution in [0.2, 0.25) is 0 Å². The summed E-state index contributed by atoms with van der Waals surface area (Å²) in [5.74, 6) is 0.303. The zero-order chi connectivity index (χ0) is 18.4. The number of aryl methyl sites for hydroxylation is 1. The number of hydrogen-bond donors (Lipinski definition) is 0. The first-order valence-corrected chi connectivity index (χ1v) is 8.99. The Morgan fingerprint density at radius 1 is 1.08 bits per heavy atom. The van der Waals surface area contributed by atoms with Crippen LogP contribution in [0.1, 0.15) is 48.3 Å². The van der Waals surface area contributed by atoms with Crippen molar-refractivity contribution in [2.75, 3.05) is 19.7 Å². The van der Waals surface area contributed by atoms with Crippen LogP contribution in [0.5, 0.6) is 0 Å². The lowest BCUT2D eigenvalue weighted by atomic mass is 10.1. The molecule has 1 fully saturated rings. The van der Waals surface area contributed by atoms with Gasteiger partial charge in [-0.05, 0) is 44.0 Å². The highest BCUT2D eigenvalue weighted by atomic mass is 16.5. The third kappa shape index (κ3) is 4.68. The zero-order valence-corrected chi connectivity index (χ0v) is 14.9. The Morgan fingerprint density at radius 3 is 2.35 bits per heavy atom. The van der Waals surface area contributed by atoms with Gasteiger partial charge in [0, 0.05) is 18.7 Å². The van der Waals surface area contributed by atoms with Gasteiger partial charge in [-0.2, -0.15) is 4.98 Å². The van der Waals surface area contributed by atoms with E-state index in [-0.39, 0.29) is 12.5 Å². The lowest BCUT2D eigenvalue weighted by molar-refractivity contribution is -0.134. The summed E-state index contributed by atoms with van der Waals surface area (Å²) in [7, 11) is 0. The lowest BCUT2D eigenvalue weighted by Gasteiger charge is -2.24. The summed E-state index contributed by atoms with van der Waals surface area (Å²) >= 11 is 0. The van der Waals surface area contributed by atoms with E-state index < -0.39 is 5.97 Å². The van der Waals surface area contributed by atoms with Crippen molar-refractivity contribution in [1.29, 1.82) is 0 Å². The number of likely N-dealkylation sites (tertiary alicyclic amines) is 1. The fourth-order valence-electron chi connectivity index (χ4n) is 2.96. The summed E-state index contributed by atoms with van der Waals surface area (Å²) in [4.78, 5) is 30.4. The highest BCUT2D eigenvalue weighted by Gasteiger charge is 2.17. The van der Waals surface area contributed by atoms with Crippen molar-refractivity contribution in [2.24, 2.45) is 0 Å². The largest absolute Gasteiger partial charge is 0.452 e. The number of carbonyl (C=O) groups excluding carboxylic acids is 2. The maximum absolute atomic E-state index is 12.3. The standard InChI is InChI=1S/C19H23N3O4/c1-14-20-18(26-21-14)15-7-9-16(10-8-15)19(24)25-13-17(23)22-11-5-3-2-4-6-12-22/h7-10H,2-6,11-13H2,1H3. The minimum atomic E-state index is -0.515. The normalized spacial score (nSPS) is 15.2. The molecule has 0 unspecified atom stereocenters. The van der Waals surface area contributed by atoms with Crippen molar-refractivity contribution in [3.8, 4) is 11.5 Å². The number of esters is 1. The molecule has 0 saturated carbocycles. The van der Waals surface area contributed by atoms with E-state index in [2.05, 4.69) is 10.1 Å². The molecular formula is C19H23N3O4. The molecule has 138 valence electrons. The Bertz CT molecular complexity index is 746. The minimum absolute atomic E-state index is 0.127. The molecule has 0 spiro atoms. The molecule has 0 atom stereocenters. The number of ether oxygens (including phenoxy) is 1. The molecule has 0 radical (unpaired) electrons. The summed E-state index contributed by atoms with van der Waals surface area (Å²) in [5.41, 5.74) is 1.10. The van der Waals surface area contributed by atoms with Crippen molar-refractivity contribution >= 4 is 11.9 Å². The van der Waals surface area contributed by atoms with Crippen LogP contribution in [0.4, 0.5) is 0 Å². The molecule has 1 amide bonds. The third-order valence-corrected chi connectivity index (χ3v) is 4.43. The molecule has 2 aromatic rings. The van der Waals surface area contributed by atoms with Gasteiger partial charge in [0.25, 0.3) is 11.8 Å². The summed E-state index contributed by atoms with van der Waals surface area (Å²) in [6.07, 6.45) is 5.55. The second-order valence-electron chi connectivity index (χ2n) is 6.45. The molecule has 0 aliphatic carbocycles. The van der Waals surface area contributed by atoms with Crippen LogP contribution in [0, 0.1) is 6.92 Å². The fourth-order valence-corrected chi connectivity index (χ4v) is 2.96. The summed E-state index contributed by atoms with van der Waals surface area (Å²) in [6.45, 7) is 3.01. The molecule has 3 rings (SSSR count). The van der Waals surface area contributed by atoms with Crippen LogP contribution < -0.4 is 0 Å². The second kappa shape index (κ2) is 8.60. The van der Waals surface area contributed by atoms with Gasteiger partial charge < -0.3 is 14.2 Å². The van der Waals surface area contributed by atoms with Crippen LogP contribution in [-0.2, 0) is 9.53 Å². The average Bonchev–Trinajstić information content (AvgIpc) is 3.06. The average molecular weight is 357 g/mol. The Morgan fingerprint density at radius 2 is 1.73 bits per heavy atom. The van der Waals surface area contributed by atoms with Gasteiger partial charge in [-0.1, -0.05) is 24.4 Å². The molecule has 1 saturated heterocycles. The van der Waals surface area contributed by atoms with Crippen LogP contribution in [0.3, 0.4) is 0 Å². The van der Waals surface area contributed by atoms with Gasteiger partial charge in [0.2, 0.25) is 0 Å². The molecule has 0 N–H and O–H groups in total. The van der Waals surface area contributed by atoms with E-state index in [9.17, 15) is 9.59 Å². The first kappa shape index (κ1) is 18.1. The summed E-state index contributed by atoms with van der Waals surface area (Å²) in [6, 6.07) is 6.67. The van der Waals surface area contributed by atoms with Gasteiger partial charge in [-0.15, -0.1) is 0 Å². The molecule has 1 aromatic carbocycles. The molecule has 1 aliphatic rings. The molecule has 0 bridgehead atoms. The highest BCUT2D eigenvalue weighted by molar-refractivity contribution is 5.91. The van der Waals surface area contributed by atoms with E-state index in [0.29, 0.717) is 17.3 Å². The maximum Gasteiger partial charge on any atom is 0.338 e. The molecule has 2 heterocycles. The van der Waals surface area contributed by atoms with Crippen molar-refractivity contribution in [3.63, 3.8) is 0 Å². The molecule has 1 aromatic heterocycles. The molecular weight excluding hydrogens is 334 g/mol. The van der Waals surface area contributed by atoms with Gasteiger partial charge in [-0.25, -0.2) is 4.79 Å². The number of carbonyl (C=O) groups is 2. The fraction of sp³-hybridized carbons (Fsp3) is 0.474. The van der Waals surface area contributed by atoms with Crippen molar-refractivity contribution in [3.05, 3.63) is 35.7 Å². The van der Waals surface area contributed by atoms with Gasteiger partial charge in [0.15, 0.2) is 12.4 Å². The Hall–Kier alpha value is -2.70. The quantitative estimate of drug-likeness (QED) is 0.782. The number of rotatable bonds is 4. The second-order valence-corrected chi connectivity index (χ2v) is 6.45. The van der Waals surface area contributed by atoms with Crippen LogP contribution in [0.25, 0.3) is 11.5 Å². The van der Waals surface area contributed by atoms with E-state index in [0.717, 1.165) is 44.3 Å². The Labute approximate surface area is 152 Å². The van der Waals surface area contributed by atoms with E-state index in [4.69, 9.17) is 9.26 Å². The monoisotopic (exact) mass is 357 g/mol. The lowest BCUT2D eigenvalue weighted by Crippen LogP contribution is -2.36. The first-order valence-electron chi connectivity index (χ1n) is 8.99. The smallest absolute Gasteiger partial charge is 0.338 e. The van der Waals surface area contributed by atoms with Gasteiger partial charge >= 0.3 is 5.97 Å². The van der Waals surface area contributed by atoms with Crippen LogP contribution in [0.15, 0.2) is 28.8 Å². The highest BCUT2D eigenvalue weighted by Crippen LogP contribution is 2.18. The summed E-state index contributed by atoms with van der Waals surface area (Å²) in [5, 5.41) is 3.74. The third-order valence-electron chi connectivity index (χ3n) is 4.43. The van der Waals surface area contributed by atoms with Crippen molar-refractivity contribution in [2.45, 2.75) is 39.0 Å². The minimum Gasteiger partial charge on any atom is -0.452 e.